The zero-order valence-corrected chi connectivity index (χ0v) is 19.2. The van der Waals surface area contributed by atoms with E-state index in [4.69, 9.17) is 9.47 Å². The summed E-state index contributed by atoms with van der Waals surface area (Å²) in [5.74, 6) is 1.73. The van der Waals surface area contributed by atoms with E-state index in [1.807, 2.05) is 19.2 Å². The van der Waals surface area contributed by atoms with E-state index in [9.17, 15) is 0 Å². The topological polar surface area (TPSA) is 58.1 Å². The Kier molecular flexibility index (Phi) is 12.4. The van der Waals surface area contributed by atoms with E-state index in [2.05, 4.69) is 39.6 Å². The van der Waals surface area contributed by atoms with Crippen molar-refractivity contribution in [1.29, 1.82) is 0 Å². The zero-order chi connectivity index (χ0) is 18.6. The summed E-state index contributed by atoms with van der Waals surface area (Å²) in [6, 6.07) is 8.62. The second-order valence-electron chi connectivity index (χ2n) is 6.67. The molecule has 0 atom stereocenters. The van der Waals surface area contributed by atoms with E-state index < -0.39 is 0 Å². The van der Waals surface area contributed by atoms with Gasteiger partial charge in [-0.05, 0) is 43.5 Å². The first-order chi connectivity index (χ1) is 12.7. The fraction of sp³-hybridized carbons (Fsp3) is 0.650. The number of benzene rings is 1. The highest BCUT2D eigenvalue weighted by Gasteiger charge is 2.19. The molecular formula is C20H35IN4O2. The minimum absolute atomic E-state index is 0. The molecule has 1 fully saturated rings. The first-order valence-corrected chi connectivity index (χ1v) is 9.65. The summed E-state index contributed by atoms with van der Waals surface area (Å²) in [5, 5.41) is 6.97. The highest BCUT2D eigenvalue weighted by molar-refractivity contribution is 14.0. The number of likely N-dealkylation sites (tertiary alicyclic amines) is 1. The van der Waals surface area contributed by atoms with E-state index in [0.29, 0.717) is 19.3 Å². The number of rotatable bonds is 9. The van der Waals surface area contributed by atoms with Crippen molar-refractivity contribution in [1.82, 2.24) is 15.5 Å². The minimum Gasteiger partial charge on any atom is -0.491 e. The molecule has 1 heterocycles. The first-order valence-electron chi connectivity index (χ1n) is 9.65. The molecule has 0 bridgehead atoms. The largest absolute Gasteiger partial charge is 0.491 e. The summed E-state index contributed by atoms with van der Waals surface area (Å²) >= 11 is 0. The minimum atomic E-state index is 0. The van der Waals surface area contributed by atoms with Gasteiger partial charge in [-0.15, -0.1) is 24.0 Å². The summed E-state index contributed by atoms with van der Waals surface area (Å²) in [6.45, 7) is 7.67. The van der Waals surface area contributed by atoms with Crippen LogP contribution in [0.1, 0.15) is 31.7 Å². The highest BCUT2D eigenvalue weighted by atomic mass is 127. The lowest BCUT2D eigenvalue weighted by Crippen LogP contribution is -2.48. The number of halogens is 1. The molecule has 1 aromatic carbocycles. The van der Waals surface area contributed by atoms with E-state index in [1.165, 1.54) is 44.5 Å². The fourth-order valence-electron chi connectivity index (χ4n) is 3.18. The molecule has 0 saturated carbocycles. The Morgan fingerprint density at radius 3 is 2.70 bits per heavy atom. The third-order valence-corrected chi connectivity index (χ3v) is 4.61. The number of methoxy groups -OCH3 is 1. The maximum Gasteiger partial charge on any atom is 0.191 e. The summed E-state index contributed by atoms with van der Waals surface area (Å²) < 4.78 is 10.7. The molecule has 6 nitrogen and oxygen atoms in total. The molecule has 154 valence electrons. The number of hydrogen-bond acceptors (Lipinski definition) is 4. The Bertz CT molecular complexity index is 549. The molecule has 0 aliphatic carbocycles. The van der Waals surface area contributed by atoms with Crippen LogP contribution in [-0.2, 0) is 11.3 Å². The van der Waals surface area contributed by atoms with Gasteiger partial charge >= 0.3 is 0 Å². The normalized spacial score (nSPS) is 15.9. The molecule has 1 aromatic rings. The van der Waals surface area contributed by atoms with Gasteiger partial charge in [-0.3, -0.25) is 4.99 Å². The number of hydrogen-bond donors (Lipinski definition) is 2. The number of aliphatic imine (C=N–C) groups is 1. The van der Waals surface area contributed by atoms with Crippen molar-refractivity contribution in [3.05, 3.63) is 29.8 Å². The Balaban J connectivity index is 0.00000364. The van der Waals surface area contributed by atoms with Crippen molar-refractivity contribution in [2.45, 2.75) is 38.8 Å². The van der Waals surface area contributed by atoms with Gasteiger partial charge in [0.05, 0.1) is 6.61 Å². The van der Waals surface area contributed by atoms with Crippen molar-refractivity contribution >= 4 is 29.9 Å². The van der Waals surface area contributed by atoms with Crippen molar-refractivity contribution in [3.8, 4) is 5.75 Å². The van der Waals surface area contributed by atoms with Crippen LogP contribution in [0.15, 0.2) is 29.3 Å². The van der Waals surface area contributed by atoms with E-state index in [1.54, 1.807) is 7.11 Å². The highest BCUT2D eigenvalue weighted by Crippen LogP contribution is 2.13. The molecule has 0 aromatic heterocycles. The molecule has 27 heavy (non-hydrogen) atoms. The predicted molar refractivity (Wildman–Crippen MR) is 122 cm³/mol. The number of nitrogens with one attached hydrogen (secondary N) is 2. The van der Waals surface area contributed by atoms with Gasteiger partial charge in [0.2, 0.25) is 0 Å². The average molecular weight is 490 g/mol. The number of piperidine rings is 1. The Morgan fingerprint density at radius 2 is 2.04 bits per heavy atom. The van der Waals surface area contributed by atoms with Crippen LogP contribution in [0.5, 0.6) is 5.75 Å². The summed E-state index contributed by atoms with van der Waals surface area (Å²) in [4.78, 5) is 6.91. The molecule has 2 N–H and O–H groups in total. The van der Waals surface area contributed by atoms with Crippen LogP contribution in [0.2, 0.25) is 0 Å². The Labute approximate surface area is 181 Å². The van der Waals surface area contributed by atoms with E-state index in [-0.39, 0.29) is 24.0 Å². The monoisotopic (exact) mass is 490 g/mol. The van der Waals surface area contributed by atoms with Crippen LogP contribution >= 0.6 is 24.0 Å². The van der Waals surface area contributed by atoms with Gasteiger partial charge in [0.25, 0.3) is 0 Å². The maximum atomic E-state index is 5.67. The van der Waals surface area contributed by atoms with Crippen LogP contribution in [0.3, 0.4) is 0 Å². The number of guanidine groups is 1. The number of ether oxygens (including phenoxy) is 2. The van der Waals surface area contributed by atoms with Gasteiger partial charge < -0.3 is 25.0 Å². The summed E-state index contributed by atoms with van der Waals surface area (Å²) in [7, 11) is 3.50. The summed E-state index contributed by atoms with van der Waals surface area (Å²) in [6.07, 6.45) is 3.57. The first kappa shape index (κ1) is 24.0. The number of nitrogens with zero attached hydrogens (tertiary/aromatic N) is 2. The van der Waals surface area contributed by atoms with E-state index >= 15 is 0 Å². The van der Waals surface area contributed by atoms with Gasteiger partial charge in [0.1, 0.15) is 12.4 Å². The van der Waals surface area contributed by atoms with Gasteiger partial charge in [-0.2, -0.15) is 0 Å². The Morgan fingerprint density at radius 1 is 1.26 bits per heavy atom. The van der Waals surface area contributed by atoms with Crippen LogP contribution in [0.25, 0.3) is 0 Å². The molecular weight excluding hydrogens is 455 g/mol. The quantitative estimate of drug-likeness (QED) is 0.241. The SMILES string of the molecule is CCCN1CCC(NC(=NC)NCc2cccc(OCCOC)c2)CC1.I. The Hall–Kier alpha value is -1.06. The zero-order valence-electron chi connectivity index (χ0n) is 16.9. The fourth-order valence-corrected chi connectivity index (χ4v) is 3.18. The van der Waals surface area contributed by atoms with Gasteiger partial charge in [0.15, 0.2) is 5.96 Å². The molecule has 0 amide bonds. The third-order valence-electron chi connectivity index (χ3n) is 4.61. The molecule has 0 radical (unpaired) electrons. The second-order valence-corrected chi connectivity index (χ2v) is 6.67. The van der Waals surface area contributed by atoms with Gasteiger partial charge in [-0.1, -0.05) is 19.1 Å². The average Bonchev–Trinajstić information content (AvgIpc) is 2.67. The van der Waals surface area contributed by atoms with Crippen molar-refractivity contribution in [3.63, 3.8) is 0 Å². The van der Waals surface area contributed by atoms with Crippen LogP contribution in [-0.4, -0.2) is 63.9 Å². The van der Waals surface area contributed by atoms with Gasteiger partial charge in [-0.25, -0.2) is 0 Å². The van der Waals surface area contributed by atoms with Crippen LogP contribution in [0, 0.1) is 0 Å². The second kappa shape index (κ2) is 14.0. The lowest BCUT2D eigenvalue weighted by atomic mass is 10.1. The van der Waals surface area contributed by atoms with Gasteiger partial charge in [0, 0.05) is 39.8 Å². The standard InChI is InChI=1S/C20H34N4O2.HI/c1-4-10-24-11-8-18(9-12-24)23-20(21-2)22-16-17-6-5-7-19(15-17)26-14-13-25-3;/h5-7,15,18H,4,8-14,16H2,1-3H3,(H2,21,22,23);1H. The summed E-state index contributed by atoms with van der Waals surface area (Å²) in [5.41, 5.74) is 1.17. The molecule has 2 rings (SSSR count). The lowest BCUT2D eigenvalue weighted by Gasteiger charge is -2.32. The molecule has 1 aliphatic rings. The molecule has 0 spiro atoms. The molecule has 1 saturated heterocycles. The van der Waals surface area contributed by atoms with Crippen LogP contribution in [0.4, 0.5) is 0 Å². The smallest absolute Gasteiger partial charge is 0.191 e. The molecule has 7 heteroatoms. The third kappa shape index (κ3) is 9.12. The van der Waals surface area contributed by atoms with E-state index in [0.717, 1.165) is 18.3 Å². The molecule has 0 unspecified atom stereocenters. The van der Waals surface area contributed by atoms with Crippen molar-refractivity contribution in [2.24, 2.45) is 4.99 Å². The van der Waals surface area contributed by atoms with Crippen molar-refractivity contribution < 1.29 is 9.47 Å². The molecule has 1 aliphatic heterocycles. The lowest BCUT2D eigenvalue weighted by molar-refractivity contribution is 0.146. The van der Waals surface area contributed by atoms with Crippen molar-refractivity contribution in [2.75, 3.05) is 47.0 Å². The predicted octanol–water partition coefficient (Wildman–Crippen LogP) is 2.87. The maximum absolute atomic E-state index is 5.67. The van der Waals surface area contributed by atoms with Crippen LogP contribution < -0.4 is 15.4 Å².